The van der Waals surface area contributed by atoms with Gasteiger partial charge in [-0.1, -0.05) is 6.07 Å². The summed E-state index contributed by atoms with van der Waals surface area (Å²) in [6.07, 6.45) is -21.6. The minimum Gasteiger partial charge on any atom is -0.464 e. The number of anilines is 1. The molecule has 0 radical (unpaired) electrons. The average Bonchev–Trinajstić information content (AvgIpc) is 3.31. The summed E-state index contributed by atoms with van der Waals surface area (Å²) in [5.41, 5.74) is -0.695. The second-order valence-corrected chi connectivity index (χ2v) is 9.06. The van der Waals surface area contributed by atoms with Crippen molar-refractivity contribution in [3.8, 4) is 0 Å². The highest BCUT2D eigenvalue weighted by Crippen LogP contribution is 2.40. The number of ether oxygens (including phenoxy) is 2. The lowest BCUT2D eigenvalue weighted by Gasteiger charge is -2.35. The van der Waals surface area contributed by atoms with E-state index >= 15 is 0 Å². The maximum absolute atomic E-state index is 13.8. The Kier molecular flexibility index (Phi) is 9.17. The van der Waals surface area contributed by atoms with Gasteiger partial charge in [0.1, 0.15) is 6.04 Å². The SMILES string of the molecule is CCOC(=O)C1CCCN1c1cc(CN2CCN(C(=O)OC(C(F)(F)F)C(F)(F)F)CC2)ccc1C(F)(F)F. The van der Waals surface area contributed by atoms with Crippen LogP contribution in [0.25, 0.3) is 0 Å². The van der Waals surface area contributed by atoms with Gasteiger partial charge in [-0.05, 0) is 37.5 Å². The molecule has 1 aromatic rings. The van der Waals surface area contributed by atoms with Crippen LogP contribution in [0.2, 0.25) is 0 Å². The van der Waals surface area contributed by atoms with Crippen molar-refractivity contribution in [3.05, 3.63) is 29.3 Å². The van der Waals surface area contributed by atoms with Gasteiger partial charge in [-0.2, -0.15) is 39.5 Å². The number of piperazine rings is 1. The van der Waals surface area contributed by atoms with Crippen molar-refractivity contribution in [2.75, 3.05) is 44.2 Å². The molecule has 0 spiro atoms. The second-order valence-electron chi connectivity index (χ2n) is 9.06. The van der Waals surface area contributed by atoms with Crippen LogP contribution in [0.15, 0.2) is 18.2 Å². The van der Waals surface area contributed by atoms with E-state index in [-0.39, 0.29) is 51.6 Å². The summed E-state index contributed by atoms with van der Waals surface area (Å²) in [7, 11) is 0. The van der Waals surface area contributed by atoms with E-state index in [0.717, 1.165) is 6.07 Å². The molecular weight excluding hydrogens is 553 g/mol. The van der Waals surface area contributed by atoms with E-state index < -0.39 is 48.3 Å². The van der Waals surface area contributed by atoms with Crippen molar-refractivity contribution in [3.63, 3.8) is 0 Å². The van der Waals surface area contributed by atoms with Gasteiger partial charge in [-0.3, -0.25) is 4.90 Å². The summed E-state index contributed by atoms with van der Waals surface area (Å²) in [4.78, 5) is 28.0. The molecule has 2 fully saturated rings. The number of amides is 1. The fraction of sp³-hybridized carbons (Fsp3) is 0.652. The van der Waals surface area contributed by atoms with Crippen LogP contribution in [0.1, 0.15) is 30.9 Å². The first kappa shape index (κ1) is 30.6. The molecule has 0 saturated carbocycles. The Labute approximate surface area is 217 Å². The van der Waals surface area contributed by atoms with E-state index in [1.165, 1.54) is 17.0 Å². The maximum Gasteiger partial charge on any atom is 0.434 e. The maximum atomic E-state index is 13.8. The highest BCUT2D eigenvalue weighted by atomic mass is 19.4. The quantitative estimate of drug-likeness (QED) is 0.350. The first-order chi connectivity index (χ1) is 18.0. The molecule has 0 aliphatic carbocycles. The topological polar surface area (TPSA) is 62.3 Å². The van der Waals surface area contributed by atoms with Gasteiger partial charge in [0.15, 0.2) is 0 Å². The monoisotopic (exact) mass is 579 g/mol. The molecule has 0 aromatic heterocycles. The Morgan fingerprint density at radius 3 is 2.10 bits per heavy atom. The molecule has 2 saturated heterocycles. The summed E-state index contributed by atoms with van der Waals surface area (Å²) in [6, 6.07) is 2.57. The van der Waals surface area contributed by atoms with Gasteiger partial charge in [0, 0.05) is 45.0 Å². The van der Waals surface area contributed by atoms with E-state index in [4.69, 9.17) is 4.74 Å². The zero-order chi connectivity index (χ0) is 29.2. The first-order valence-electron chi connectivity index (χ1n) is 12.0. The molecule has 2 heterocycles. The third kappa shape index (κ3) is 7.60. The molecule has 0 bridgehead atoms. The molecule has 220 valence electrons. The van der Waals surface area contributed by atoms with Gasteiger partial charge < -0.3 is 19.3 Å². The molecule has 1 unspecified atom stereocenters. The van der Waals surface area contributed by atoms with E-state index in [1.54, 1.807) is 11.8 Å². The van der Waals surface area contributed by atoms with Crippen LogP contribution < -0.4 is 4.90 Å². The standard InChI is InChI=1S/C23H26F9N3O4/c1-2-38-18(36)16-4-3-7-35(16)17-12-14(5-6-15(17)21(24,25)26)13-33-8-10-34(11-9-33)20(37)39-19(22(27,28)29)23(30,31)32/h5-6,12,16,19H,2-4,7-11,13H2,1H3. The van der Waals surface area contributed by atoms with Crippen molar-refractivity contribution in [1.82, 2.24) is 9.80 Å². The third-order valence-corrected chi connectivity index (χ3v) is 6.34. The highest BCUT2D eigenvalue weighted by molar-refractivity contribution is 5.81. The largest absolute Gasteiger partial charge is 0.464 e. The lowest BCUT2D eigenvalue weighted by molar-refractivity contribution is -0.308. The van der Waals surface area contributed by atoms with Crippen LogP contribution in [0.5, 0.6) is 0 Å². The van der Waals surface area contributed by atoms with Crippen LogP contribution in [0.3, 0.4) is 0 Å². The number of benzene rings is 1. The normalized spacial score (nSPS) is 19.5. The van der Waals surface area contributed by atoms with Crippen molar-refractivity contribution in [2.24, 2.45) is 0 Å². The number of hydrogen-bond acceptors (Lipinski definition) is 6. The Morgan fingerprint density at radius 1 is 0.949 bits per heavy atom. The zero-order valence-corrected chi connectivity index (χ0v) is 20.6. The Hall–Kier alpha value is -2.91. The van der Waals surface area contributed by atoms with Crippen molar-refractivity contribution < 1.29 is 58.6 Å². The molecule has 16 heteroatoms. The van der Waals surface area contributed by atoms with Gasteiger partial charge in [0.2, 0.25) is 0 Å². The number of nitrogens with zero attached hydrogens (tertiary/aromatic N) is 3. The fourth-order valence-corrected chi connectivity index (χ4v) is 4.53. The first-order valence-corrected chi connectivity index (χ1v) is 12.0. The minimum absolute atomic E-state index is 0.0172. The van der Waals surface area contributed by atoms with Gasteiger partial charge in [0.05, 0.1) is 12.2 Å². The van der Waals surface area contributed by atoms with Crippen molar-refractivity contribution >= 4 is 17.7 Å². The number of halogens is 9. The molecule has 2 aliphatic heterocycles. The third-order valence-electron chi connectivity index (χ3n) is 6.34. The van der Waals surface area contributed by atoms with E-state index in [0.29, 0.717) is 23.3 Å². The Balaban J connectivity index is 1.70. The molecule has 3 rings (SSSR count). The van der Waals surface area contributed by atoms with Crippen molar-refractivity contribution in [2.45, 2.75) is 57.0 Å². The Morgan fingerprint density at radius 2 is 1.56 bits per heavy atom. The number of esters is 1. The van der Waals surface area contributed by atoms with Crippen LogP contribution in [-0.2, 0) is 27.0 Å². The lowest BCUT2D eigenvalue weighted by Crippen LogP contribution is -2.52. The molecule has 0 N–H and O–H groups in total. The van der Waals surface area contributed by atoms with Gasteiger partial charge >= 0.3 is 30.6 Å². The number of carbonyl (C=O) groups excluding carboxylic acids is 2. The van der Waals surface area contributed by atoms with Gasteiger partial charge in [0.25, 0.3) is 6.10 Å². The summed E-state index contributed by atoms with van der Waals surface area (Å²) < 4.78 is 126. The van der Waals surface area contributed by atoms with E-state index in [1.807, 2.05) is 0 Å². The number of rotatable bonds is 6. The number of hydrogen-bond donors (Lipinski definition) is 0. The number of alkyl halides is 9. The smallest absolute Gasteiger partial charge is 0.434 e. The molecule has 2 aliphatic rings. The summed E-state index contributed by atoms with van der Waals surface area (Å²) >= 11 is 0. The average molecular weight is 579 g/mol. The molecule has 7 nitrogen and oxygen atoms in total. The number of carbonyl (C=O) groups is 2. The lowest BCUT2D eigenvalue weighted by atomic mass is 10.1. The molecule has 39 heavy (non-hydrogen) atoms. The van der Waals surface area contributed by atoms with Crippen LogP contribution in [-0.4, -0.2) is 85.7 Å². The summed E-state index contributed by atoms with van der Waals surface area (Å²) in [6.45, 7) is 1.46. The molecule has 1 atom stereocenters. The van der Waals surface area contributed by atoms with Crippen LogP contribution in [0.4, 0.5) is 50.0 Å². The summed E-state index contributed by atoms with van der Waals surface area (Å²) in [5, 5.41) is 0. The van der Waals surface area contributed by atoms with Gasteiger partial charge in [-0.15, -0.1) is 0 Å². The fourth-order valence-electron chi connectivity index (χ4n) is 4.53. The highest BCUT2D eigenvalue weighted by Gasteiger charge is 2.60. The van der Waals surface area contributed by atoms with E-state index in [2.05, 4.69) is 4.74 Å². The van der Waals surface area contributed by atoms with Crippen molar-refractivity contribution in [1.29, 1.82) is 0 Å². The van der Waals surface area contributed by atoms with Crippen LogP contribution >= 0.6 is 0 Å². The molecular formula is C23H26F9N3O4. The predicted molar refractivity (Wildman–Crippen MR) is 118 cm³/mol. The van der Waals surface area contributed by atoms with Crippen LogP contribution in [0, 0.1) is 0 Å². The van der Waals surface area contributed by atoms with Gasteiger partial charge in [-0.25, -0.2) is 9.59 Å². The minimum atomic E-state index is -5.84. The molecule has 1 aromatic carbocycles. The Bertz CT molecular complexity index is 1010. The summed E-state index contributed by atoms with van der Waals surface area (Å²) in [5.74, 6) is -0.630. The molecule has 1 amide bonds. The predicted octanol–water partition coefficient (Wildman–Crippen LogP) is 4.98. The second kappa shape index (κ2) is 11.7. The zero-order valence-electron chi connectivity index (χ0n) is 20.6. The van der Waals surface area contributed by atoms with E-state index in [9.17, 15) is 49.1 Å².